The zero-order valence-corrected chi connectivity index (χ0v) is 6.85. The molecule has 1 saturated carbocycles. The second-order valence-corrected chi connectivity index (χ2v) is 3.44. The smallest absolute Gasteiger partial charge is 0.0404 e. The minimum atomic E-state index is 0.292. The molecule has 1 heteroatoms. The van der Waals surface area contributed by atoms with Gasteiger partial charge < -0.3 is 0 Å². The SMILES string of the molecule is C=CC1CC(Cl)C(C=C)C1. The van der Waals surface area contributed by atoms with Crippen molar-refractivity contribution in [3.05, 3.63) is 25.3 Å². The quantitative estimate of drug-likeness (QED) is 0.426. The van der Waals surface area contributed by atoms with E-state index in [1.54, 1.807) is 0 Å². The van der Waals surface area contributed by atoms with Gasteiger partial charge in [-0.05, 0) is 24.7 Å². The Hall–Kier alpha value is -0.230. The molecule has 3 atom stereocenters. The van der Waals surface area contributed by atoms with Crippen molar-refractivity contribution in [3.63, 3.8) is 0 Å². The van der Waals surface area contributed by atoms with Gasteiger partial charge in [-0.2, -0.15) is 0 Å². The normalized spacial score (nSPS) is 39.5. The summed E-state index contributed by atoms with van der Waals surface area (Å²) >= 11 is 6.03. The van der Waals surface area contributed by atoms with Gasteiger partial charge in [-0.3, -0.25) is 0 Å². The topological polar surface area (TPSA) is 0 Å². The van der Waals surface area contributed by atoms with Crippen LogP contribution in [0.1, 0.15) is 12.8 Å². The predicted octanol–water partition coefficient (Wildman–Crippen LogP) is 2.99. The molecule has 0 saturated heterocycles. The molecule has 56 valence electrons. The van der Waals surface area contributed by atoms with E-state index in [1.807, 2.05) is 12.2 Å². The lowest BCUT2D eigenvalue weighted by molar-refractivity contribution is 0.642. The van der Waals surface area contributed by atoms with Gasteiger partial charge in [-0.1, -0.05) is 12.2 Å². The van der Waals surface area contributed by atoms with E-state index >= 15 is 0 Å². The van der Waals surface area contributed by atoms with Crippen molar-refractivity contribution < 1.29 is 0 Å². The van der Waals surface area contributed by atoms with Crippen LogP contribution in [0.25, 0.3) is 0 Å². The van der Waals surface area contributed by atoms with E-state index < -0.39 is 0 Å². The van der Waals surface area contributed by atoms with E-state index in [1.165, 1.54) is 0 Å². The summed E-state index contributed by atoms with van der Waals surface area (Å²) < 4.78 is 0. The largest absolute Gasteiger partial charge is 0.122 e. The van der Waals surface area contributed by atoms with E-state index in [0.29, 0.717) is 17.2 Å². The molecule has 0 heterocycles. The van der Waals surface area contributed by atoms with Gasteiger partial charge in [0.1, 0.15) is 0 Å². The molecule has 0 N–H and O–H groups in total. The van der Waals surface area contributed by atoms with Crippen LogP contribution in [0, 0.1) is 11.8 Å². The van der Waals surface area contributed by atoms with Crippen LogP contribution in [0.2, 0.25) is 0 Å². The average Bonchev–Trinajstić information content (AvgIpc) is 2.30. The first-order chi connectivity index (χ1) is 4.77. The lowest BCUT2D eigenvalue weighted by atomic mass is 10.1. The van der Waals surface area contributed by atoms with Gasteiger partial charge in [0.2, 0.25) is 0 Å². The lowest BCUT2D eigenvalue weighted by Gasteiger charge is -2.04. The number of rotatable bonds is 2. The van der Waals surface area contributed by atoms with Crippen molar-refractivity contribution >= 4 is 11.6 Å². The Morgan fingerprint density at radius 1 is 1.20 bits per heavy atom. The summed E-state index contributed by atoms with van der Waals surface area (Å²) in [6, 6.07) is 0. The molecule has 0 amide bonds. The van der Waals surface area contributed by atoms with Crippen LogP contribution in [0.5, 0.6) is 0 Å². The van der Waals surface area contributed by atoms with Crippen molar-refractivity contribution in [1.82, 2.24) is 0 Å². The van der Waals surface area contributed by atoms with Gasteiger partial charge in [0.15, 0.2) is 0 Å². The third-order valence-electron chi connectivity index (χ3n) is 2.20. The molecule has 1 aliphatic rings. The molecule has 3 unspecified atom stereocenters. The Balaban J connectivity index is 2.51. The molecule has 10 heavy (non-hydrogen) atoms. The Morgan fingerprint density at radius 2 is 1.90 bits per heavy atom. The zero-order chi connectivity index (χ0) is 7.56. The number of hydrogen-bond donors (Lipinski definition) is 0. The van der Waals surface area contributed by atoms with E-state index in [2.05, 4.69) is 13.2 Å². The van der Waals surface area contributed by atoms with E-state index in [-0.39, 0.29) is 0 Å². The maximum atomic E-state index is 6.03. The van der Waals surface area contributed by atoms with Crippen molar-refractivity contribution in [2.75, 3.05) is 0 Å². The average molecular weight is 157 g/mol. The van der Waals surface area contributed by atoms with Crippen LogP contribution in [0.4, 0.5) is 0 Å². The van der Waals surface area contributed by atoms with Crippen LogP contribution in [0.3, 0.4) is 0 Å². The highest BCUT2D eigenvalue weighted by atomic mass is 35.5. The molecule has 0 bridgehead atoms. The fourth-order valence-electron chi connectivity index (χ4n) is 1.49. The number of hydrogen-bond acceptors (Lipinski definition) is 0. The molecule has 0 aromatic rings. The maximum Gasteiger partial charge on any atom is 0.0404 e. The molecule has 0 aromatic heterocycles. The van der Waals surface area contributed by atoms with E-state index in [4.69, 9.17) is 11.6 Å². The van der Waals surface area contributed by atoms with Crippen molar-refractivity contribution in [2.45, 2.75) is 18.2 Å². The van der Waals surface area contributed by atoms with E-state index in [9.17, 15) is 0 Å². The first kappa shape index (κ1) is 7.87. The number of halogens is 1. The van der Waals surface area contributed by atoms with Crippen LogP contribution in [-0.2, 0) is 0 Å². The molecule has 0 aliphatic heterocycles. The van der Waals surface area contributed by atoms with Crippen LogP contribution in [0.15, 0.2) is 25.3 Å². The van der Waals surface area contributed by atoms with Crippen LogP contribution in [-0.4, -0.2) is 5.38 Å². The third-order valence-corrected chi connectivity index (χ3v) is 2.71. The molecule has 1 aliphatic carbocycles. The Kier molecular flexibility index (Phi) is 2.56. The summed E-state index contributed by atoms with van der Waals surface area (Å²) in [5.41, 5.74) is 0. The Labute approximate surface area is 67.6 Å². The lowest BCUT2D eigenvalue weighted by Crippen LogP contribution is -2.01. The van der Waals surface area contributed by atoms with Crippen LogP contribution < -0.4 is 0 Å². The molecular formula is C9H13Cl. The standard InChI is InChI=1S/C9H13Cl/c1-3-7-5-8(4-2)9(10)6-7/h3-4,7-9H,1-2,5-6H2. The van der Waals surface area contributed by atoms with Gasteiger partial charge in [0.05, 0.1) is 0 Å². The van der Waals surface area contributed by atoms with Gasteiger partial charge in [-0.15, -0.1) is 24.8 Å². The van der Waals surface area contributed by atoms with E-state index in [0.717, 1.165) is 12.8 Å². The Bertz CT molecular complexity index is 140. The fourth-order valence-corrected chi connectivity index (χ4v) is 1.93. The predicted molar refractivity (Wildman–Crippen MR) is 46.2 cm³/mol. The van der Waals surface area contributed by atoms with Crippen molar-refractivity contribution in [1.29, 1.82) is 0 Å². The second-order valence-electron chi connectivity index (χ2n) is 2.88. The minimum Gasteiger partial charge on any atom is -0.122 e. The highest BCUT2D eigenvalue weighted by molar-refractivity contribution is 6.21. The molecule has 0 nitrogen and oxygen atoms in total. The molecule has 0 radical (unpaired) electrons. The number of alkyl halides is 1. The monoisotopic (exact) mass is 156 g/mol. The van der Waals surface area contributed by atoms with Crippen molar-refractivity contribution in [2.24, 2.45) is 11.8 Å². The molecule has 1 rings (SSSR count). The fraction of sp³-hybridized carbons (Fsp3) is 0.556. The van der Waals surface area contributed by atoms with Crippen LogP contribution >= 0.6 is 11.6 Å². The second kappa shape index (κ2) is 3.25. The maximum absolute atomic E-state index is 6.03. The third kappa shape index (κ3) is 1.43. The number of allylic oxidation sites excluding steroid dienone is 2. The van der Waals surface area contributed by atoms with Crippen molar-refractivity contribution in [3.8, 4) is 0 Å². The van der Waals surface area contributed by atoms with Gasteiger partial charge in [0, 0.05) is 5.38 Å². The molecule has 0 spiro atoms. The molecule has 1 fully saturated rings. The minimum absolute atomic E-state index is 0.292. The summed E-state index contributed by atoms with van der Waals surface area (Å²) in [6.07, 6.45) is 6.17. The first-order valence-electron chi connectivity index (χ1n) is 3.67. The van der Waals surface area contributed by atoms with Gasteiger partial charge in [-0.25, -0.2) is 0 Å². The summed E-state index contributed by atoms with van der Waals surface area (Å²) in [6.45, 7) is 7.50. The Morgan fingerprint density at radius 3 is 2.20 bits per heavy atom. The van der Waals surface area contributed by atoms with Gasteiger partial charge >= 0.3 is 0 Å². The zero-order valence-electron chi connectivity index (χ0n) is 6.09. The summed E-state index contributed by atoms with van der Waals surface area (Å²) in [5.74, 6) is 1.12. The summed E-state index contributed by atoms with van der Waals surface area (Å²) in [5, 5.41) is 0.292. The van der Waals surface area contributed by atoms with Gasteiger partial charge in [0.25, 0.3) is 0 Å². The highest BCUT2D eigenvalue weighted by Crippen LogP contribution is 2.35. The summed E-state index contributed by atoms with van der Waals surface area (Å²) in [7, 11) is 0. The summed E-state index contributed by atoms with van der Waals surface area (Å²) in [4.78, 5) is 0. The first-order valence-corrected chi connectivity index (χ1v) is 4.10. The highest BCUT2D eigenvalue weighted by Gasteiger charge is 2.28. The molecule has 0 aromatic carbocycles. The molecular weight excluding hydrogens is 144 g/mol.